The maximum atomic E-state index is 13.3. The molecule has 3 unspecified atom stereocenters. The van der Waals surface area contributed by atoms with Gasteiger partial charge in [0.1, 0.15) is 17.6 Å². The second kappa shape index (κ2) is 11.2. The van der Waals surface area contributed by atoms with Gasteiger partial charge in [0.05, 0.1) is 22.5 Å². The van der Waals surface area contributed by atoms with Crippen molar-refractivity contribution in [1.29, 1.82) is 0 Å². The molecule has 0 amide bonds. The molecule has 0 aliphatic heterocycles. The maximum Gasteiger partial charge on any atom is 0.328 e. The van der Waals surface area contributed by atoms with E-state index in [0.29, 0.717) is 29.9 Å². The van der Waals surface area contributed by atoms with Crippen molar-refractivity contribution in [3.8, 4) is 0 Å². The topological polar surface area (TPSA) is 130 Å². The fourth-order valence-electron chi connectivity index (χ4n) is 5.53. The number of Topliss-reactive ketones (excluding diaryl/α,β-unsaturated/α-hetero) is 2. The average Bonchev–Trinajstić information content (AvgIpc) is 3.35. The Labute approximate surface area is 226 Å². The number of benzene rings is 2. The summed E-state index contributed by atoms with van der Waals surface area (Å²) in [6.07, 6.45) is 1.69. The van der Waals surface area contributed by atoms with Gasteiger partial charge >= 0.3 is 5.97 Å². The van der Waals surface area contributed by atoms with Crippen molar-refractivity contribution in [2.75, 3.05) is 0 Å². The van der Waals surface area contributed by atoms with Gasteiger partial charge in [-0.3, -0.25) is 14.6 Å². The summed E-state index contributed by atoms with van der Waals surface area (Å²) in [6, 6.07) is 18.2. The van der Waals surface area contributed by atoms with E-state index in [1.165, 1.54) is 6.92 Å². The minimum Gasteiger partial charge on any atom is -0.511 e. The molecule has 0 fully saturated rings. The normalized spacial score (nSPS) is 20.6. The van der Waals surface area contributed by atoms with Gasteiger partial charge in [0.25, 0.3) is 0 Å². The van der Waals surface area contributed by atoms with Crippen molar-refractivity contribution in [1.82, 2.24) is 5.16 Å². The summed E-state index contributed by atoms with van der Waals surface area (Å²) >= 11 is 0. The number of aliphatic hydroxyl groups is 1. The predicted octanol–water partition coefficient (Wildman–Crippen LogP) is 5.39. The molecule has 3 atom stereocenters. The Hall–Kier alpha value is -4.33. The third-order valence-electron chi connectivity index (χ3n) is 7.55. The van der Waals surface area contributed by atoms with E-state index in [0.717, 1.165) is 11.1 Å². The van der Waals surface area contributed by atoms with Crippen molar-refractivity contribution < 1.29 is 29.1 Å². The summed E-state index contributed by atoms with van der Waals surface area (Å²) in [5, 5.41) is 24.6. The van der Waals surface area contributed by atoms with E-state index < -0.39 is 12.0 Å². The van der Waals surface area contributed by atoms with E-state index in [4.69, 9.17) is 4.52 Å². The Kier molecular flexibility index (Phi) is 7.54. The summed E-state index contributed by atoms with van der Waals surface area (Å²) < 4.78 is 5.58. The first-order chi connectivity index (χ1) is 18.8. The summed E-state index contributed by atoms with van der Waals surface area (Å²) in [6.45, 7) is 1.42. The zero-order valence-corrected chi connectivity index (χ0v) is 21.7. The Morgan fingerprint density at radius 1 is 0.949 bits per heavy atom. The molecule has 0 saturated heterocycles. The molecule has 2 aromatic carbocycles. The zero-order chi connectivity index (χ0) is 27.5. The Morgan fingerprint density at radius 3 is 2.13 bits per heavy atom. The molecule has 2 N–H and O–H groups in total. The number of carbonyl (C=O) groups is 3. The second-order valence-corrected chi connectivity index (χ2v) is 10.2. The molecule has 0 radical (unpaired) electrons. The van der Waals surface area contributed by atoms with Crippen LogP contribution in [0.1, 0.15) is 77.4 Å². The van der Waals surface area contributed by atoms with E-state index in [1.807, 2.05) is 60.7 Å². The Morgan fingerprint density at radius 2 is 1.54 bits per heavy atom. The Bertz CT molecular complexity index is 1450. The number of hydrogen-bond acceptors (Lipinski definition) is 7. The van der Waals surface area contributed by atoms with E-state index in [9.17, 15) is 24.6 Å². The van der Waals surface area contributed by atoms with Crippen molar-refractivity contribution in [2.24, 2.45) is 4.99 Å². The number of aliphatic imine (C=N–C) groups is 1. The highest BCUT2D eigenvalue weighted by Crippen LogP contribution is 2.36. The molecule has 0 bridgehead atoms. The maximum absolute atomic E-state index is 13.3. The number of aliphatic hydroxyl groups excluding tert-OH is 1. The second-order valence-electron chi connectivity index (χ2n) is 10.2. The fraction of sp³-hybridized carbons (Fsp3) is 0.323. The van der Waals surface area contributed by atoms with Gasteiger partial charge in [-0.15, -0.1) is 0 Å². The lowest BCUT2D eigenvalue weighted by Crippen LogP contribution is -2.26. The highest BCUT2D eigenvalue weighted by Gasteiger charge is 2.35. The number of carboxylic acid groups (broad SMARTS) is 1. The molecule has 39 heavy (non-hydrogen) atoms. The molecule has 200 valence electrons. The van der Waals surface area contributed by atoms with Gasteiger partial charge in [0.2, 0.25) is 0 Å². The van der Waals surface area contributed by atoms with Gasteiger partial charge in [-0.05, 0) is 42.7 Å². The number of hydrogen-bond donors (Lipinski definition) is 2. The minimum absolute atomic E-state index is 0.0139. The summed E-state index contributed by atoms with van der Waals surface area (Å²) in [7, 11) is 0. The van der Waals surface area contributed by atoms with E-state index in [2.05, 4.69) is 10.1 Å². The molecule has 1 heterocycles. The number of allylic oxidation sites excluding steroid dienone is 2. The first-order valence-corrected chi connectivity index (χ1v) is 13.2. The van der Waals surface area contributed by atoms with Crippen LogP contribution in [0.4, 0.5) is 0 Å². The predicted molar refractivity (Wildman–Crippen MR) is 144 cm³/mol. The summed E-state index contributed by atoms with van der Waals surface area (Å²) in [5.41, 5.74) is 3.23. The quantitative estimate of drug-likeness (QED) is 0.376. The van der Waals surface area contributed by atoms with Crippen LogP contribution < -0.4 is 0 Å². The molecule has 2 aliphatic rings. The van der Waals surface area contributed by atoms with Gasteiger partial charge in [-0.1, -0.05) is 65.8 Å². The molecule has 0 saturated carbocycles. The fourth-order valence-corrected chi connectivity index (χ4v) is 5.53. The molecule has 1 aromatic heterocycles. The van der Waals surface area contributed by atoms with Gasteiger partial charge in [0, 0.05) is 25.7 Å². The third kappa shape index (κ3) is 5.60. The van der Waals surface area contributed by atoms with E-state index in [-0.39, 0.29) is 66.1 Å². The van der Waals surface area contributed by atoms with Gasteiger partial charge < -0.3 is 14.7 Å². The smallest absolute Gasteiger partial charge is 0.328 e. The van der Waals surface area contributed by atoms with Crippen LogP contribution >= 0.6 is 0 Å². The molecular formula is C31H30N2O6. The van der Waals surface area contributed by atoms with Crippen LogP contribution in [0.25, 0.3) is 0 Å². The van der Waals surface area contributed by atoms with Crippen LogP contribution in [0.5, 0.6) is 0 Å². The number of carboxylic acids is 1. The SMILES string of the molecule is CC(N=C(CCc1noc2c1C(=O)CC(c1ccccc1)C2)C1=C(O)CC(c2ccccc2)CC1=O)C(=O)O. The lowest BCUT2D eigenvalue weighted by Gasteiger charge is -2.25. The molecular weight excluding hydrogens is 496 g/mol. The number of rotatable bonds is 8. The van der Waals surface area contributed by atoms with Crippen molar-refractivity contribution in [2.45, 2.75) is 63.3 Å². The Balaban J connectivity index is 1.39. The van der Waals surface area contributed by atoms with Crippen molar-refractivity contribution in [3.63, 3.8) is 0 Å². The lowest BCUT2D eigenvalue weighted by atomic mass is 9.80. The standard InChI is InChI=1S/C31H30N2O6/c1-18(31(37)38)32-23(29-25(34)14-21(15-26(29)35)19-8-4-2-5-9-19)12-13-24-30-27(36)16-22(17-28(30)39-33-24)20-10-6-3-7-11-20/h2-11,18,21-22,34H,12-17H2,1H3,(H,37,38). The third-order valence-corrected chi connectivity index (χ3v) is 7.55. The average molecular weight is 527 g/mol. The lowest BCUT2D eigenvalue weighted by molar-refractivity contribution is -0.138. The van der Waals surface area contributed by atoms with Crippen LogP contribution in [0.15, 0.2) is 81.5 Å². The number of carbonyl (C=O) groups excluding carboxylic acids is 2. The summed E-state index contributed by atoms with van der Waals surface area (Å²) in [5.74, 6) is -1.19. The van der Waals surface area contributed by atoms with Crippen LogP contribution in [-0.2, 0) is 22.4 Å². The minimum atomic E-state index is -1.14. The number of aliphatic carboxylic acids is 1. The molecule has 8 nitrogen and oxygen atoms in total. The molecule has 2 aliphatic carbocycles. The highest BCUT2D eigenvalue weighted by molar-refractivity contribution is 6.23. The summed E-state index contributed by atoms with van der Waals surface area (Å²) in [4.78, 5) is 42.3. The highest BCUT2D eigenvalue weighted by atomic mass is 16.5. The van der Waals surface area contributed by atoms with Crippen molar-refractivity contribution >= 4 is 23.2 Å². The first kappa shape index (κ1) is 26.3. The van der Waals surface area contributed by atoms with Crippen LogP contribution in [0.2, 0.25) is 0 Å². The first-order valence-electron chi connectivity index (χ1n) is 13.2. The number of aryl methyl sites for hydroxylation is 1. The van der Waals surface area contributed by atoms with Crippen LogP contribution in [0, 0.1) is 0 Å². The number of nitrogens with zero attached hydrogens (tertiary/aromatic N) is 2. The van der Waals surface area contributed by atoms with E-state index in [1.54, 1.807) is 0 Å². The van der Waals surface area contributed by atoms with E-state index >= 15 is 0 Å². The van der Waals surface area contributed by atoms with Crippen LogP contribution in [0.3, 0.4) is 0 Å². The zero-order valence-electron chi connectivity index (χ0n) is 21.7. The van der Waals surface area contributed by atoms with Gasteiger partial charge in [-0.25, -0.2) is 4.79 Å². The van der Waals surface area contributed by atoms with Gasteiger partial charge in [-0.2, -0.15) is 0 Å². The number of fused-ring (bicyclic) bond motifs is 1. The monoisotopic (exact) mass is 526 g/mol. The van der Waals surface area contributed by atoms with Crippen LogP contribution in [-0.4, -0.2) is 44.7 Å². The molecule has 0 spiro atoms. The number of ketones is 2. The number of aromatic nitrogens is 1. The molecule has 5 rings (SSSR count). The molecule has 8 heteroatoms. The largest absolute Gasteiger partial charge is 0.511 e. The van der Waals surface area contributed by atoms with Gasteiger partial charge in [0.15, 0.2) is 11.6 Å². The van der Waals surface area contributed by atoms with Crippen molar-refractivity contribution in [3.05, 3.63) is 100 Å². The molecule has 3 aromatic rings.